The Hall–Kier alpha value is -2.09. The largest absolute Gasteiger partial charge is 0.466 e. The van der Waals surface area contributed by atoms with E-state index in [4.69, 9.17) is 0 Å². The van der Waals surface area contributed by atoms with Gasteiger partial charge in [-0.15, -0.1) is 0 Å². The molecule has 28 heavy (non-hydrogen) atoms. The standard InChI is InChI=1S/C26H40O2/c1-21(2)12-8-13-22(3)14-9-15-23(4)16-10-17-24(5)18-11-19-25(6)20-26(27)28-7/h11-12,14,16,18-20H,8-10,13,15,17H2,1-7H3/b19-11+,22-14+,23-16+,24-18+,25-20+. The number of carbonyl (C=O) groups excluding carboxylic acids is 1. The average Bonchev–Trinajstić information content (AvgIpc) is 2.61. The number of carbonyl (C=O) groups is 1. The highest BCUT2D eigenvalue weighted by atomic mass is 16.5. The normalized spacial score (nSPS) is 13.8. The molecule has 2 nitrogen and oxygen atoms in total. The van der Waals surface area contributed by atoms with Crippen molar-refractivity contribution in [2.24, 2.45) is 0 Å². The molecule has 0 aromatic carbocycles. The number of allylic oxidation sites excluding steroid dienone is 11. The summed E-state index contributed by atoms with van der Waals surface area (Å²) >= 11 is 0. The van der Waals surface area contributed by atoms with Crippen LogP contribution in [-0.2, 0) is 9.53 Å². The molecule has 0 aliphatic rings. The van der Waals surface area contributed by atoms with E-state index in [2.05, 4.69) is 63.7 Å². The molecule has 0 aliphatic carbocycles. The second kappa shape index (κ2) is 15.9. The van der Waals surface area contributed by atoms with E-state index in [-0.39, 0.29) is 5.97 Å². The van der Waals surface area contributed by atoms with E-state index in [1.54, 1.807) is 0 Å². The highest BCUT2D eigenvalue weighted by molar-refractivity contribution is 5.83. The first kappa shape index (κ1) is 25.9. The summed E-state index contributed by atoms with van der Waals surface area (Å²) in [5, 5.41) is 0. The smallest absolute Gasteiger partial charge is 0.330 e. The molecule has 0 aromatic heterocycles. The molecule has 0 rings (SSSR count). The van der Waals surface area contributed by atoms with E-state index in [9.17, 15) is 4.79 Å². The fraction of sp³-hybridized carbons (Fsp3) is 0.500. The molecular formula is C26H40O2. The van der Waals surface area contributed by atoms with Crippen LogP contribution in [0.3, 0.4) is 0 Å². The summed E-state index contributed by atoms with van der Waals surface area (Å²) in [5.74, 6) is -0.318. The van der Waals surface area contributed by atoms with Gasteiger partial charge in [-0.2, -0.15) is 0 Å². The molecule has 0 radical (unpaired) electrons. The molecule has 0 atom stereocenters. The van der Waals surface area contributed by atoms with Gasteiger partial charge in [0, 0.05) is 6.08 Å². The van der Waals surface area contributed by atoms with Crippen molar-refractivity contribution in [3.05, 3.63) is 70.4 Å². The maximum Gasteiger partial charge on any atom is 0.330 e. The SMILES string of the molecule is COC(=O)/C=C(C)/C=C/C=C(\C)CC/C=C(\C)CC/C=C(\C)CCC=C(C)C. The van der Waals surface area contributed by atoms with Crippen molar-refractivity contribution >= 4 is 5.97 Å². The van der Waals surface area contributed by atoms with Crippen molar-refractivity contribution in [3.8, 4) is 0 Å². The number of methoxy groups -OCH3 is 1. The molecule has 0 bridgehead atoms. The second-order valence-corrected chi connectivity index (χ2v) is 7.78. The minimum atomic E-state index is -0.318. The summed E-state index contributed by atoms with van der Waals surface area (Å²) in [6, 6.07) is 0. The number of esters is 1. The van der Waals surface area contributed by atoms with Gasteiger partial charge in [-0.3, -0.25) is 0 Å². The van der Waals surface area contributed by atoms with Crippen molar-refractivity contribution < 1.29 is 9.53 Å². The first-order chi connectivity index (χ1) is 13.2. The first-order valence-corrected chi connectivity index (χ1v) is 10.3. The van der Waals surface area contributed by atoms with E-state index in [0.29, 0.717) is 0 Å². The maximum atomic E-state index is 11.1. The van der Waals surface area contributed by atoms with Gasteiger partial charge >= 0.3 is 5.97 Å². The molecule has 0 fully saturated rings. The van der Waals surface area contributed by atoms with Crippen molar-refractivity contribution in [1.82, 2.24) is 0 Å². The van der Waals surface area contributed by atoms with Gasteiger partial charge in [0.2, 0.25) is 0 Å². The van der Waals surface area contributed by atoms with Crippen LogP contribution in [0, 0.1) is 0 Å². The molecule has 0 aliphatic heterocycles. The lowest BCUT2D eigenvalue weighted by atomic mass is 10.0. The van der Waals surface area contributed by atoms with Crippen LogP contribution >= 0.6 is 0 Å². The van der Waals surface area contributed by atoms with Crippen LogP contribution in [0.4, 0.5) is 0 Å². The fourth-order valence-corrected chi connectivity index (χ4v) is 2.63. The third-order valence-electron chi connectivity index (χ3n) is 4.44. The van der Waals surface area contributed by atoms with Gasteiger partial charge < -0.3 is 4.74 Å². The van der Waals surface area contributed by atoms with E-state index in [1.165, 1.54) is 41.9 Å². The maximum absolute atomic E-state index is 11.1. The Morgan fingerprint density at radius 1 is 0.750 bits per heavy atom. The van der Waals surface area contributed by atoms with Gasteiger partial charge in [0.25, 0.3) is 0 Å². The monoisotopic (exact) mass is 384 g/mol. The zero-order valence-electron chi connectivity index (χ0n) is 19.1. The predicted octanol–water partition coefficient (Wildman–Crippen LogP) is 7.81. The Morgan fingerprint density at radius 2 is 1.25 bits per heavy atom. The van der Waals surface area contributed by atoms with Gasteiger partial charge in [-0.1, -0.05) is 58.7 Å². The third-order valence-corrected chi connectivity index (χ3v) is 4.44. The zero-order valence-corrected chi connectivity index (χ0v) is 19.1. The van der Waals surface area contributed by atoms with Gasteiger partial charge in [-0.05, 0) is 85.6 Å². The Balaban J connectivity index is 4.24. The minimum absolute atomic E-state index is 0.318. The van der Waals surface area contributed by atoms with Crippen LogP contribution in [0.25, 0.3) is 0 Å². The molecule has 156 valence electrons. The second-order valence-electron chi connectivity index (χ2n) is 7.78. The average molecular weight is 385 g/mol. The number of hydrogen-bond acceptors (Lipinski definition) is 2. The van der Waals surface area contributed by atoms with Crippen LogP contribution in [-0.4, -0.2) is 13.1 Å². The highest BCUT2D eigenvalue weighted by Gasteiger charge is 1.94. The summed E-state index contributed by atoms with van der Waals surface area (Å²) in [5.41, 5.74) is 6.58. The quantitative estimate of drug-likeness (QED) is 0.148. The lowest BCUT2D eigenvalue weighted by Crippen LogP contribution is -1.94. The topological polar surface area (TPSA) is 26.3 Å². The van der Waals surface area contributed by atoms with Crippen LogP contribution in [0.2, 0.25) is 0 Å². The third kappa shape index (κ3) is 16.1. The van der Waals surface area contributed by atoms with E-state index >= 15 is 0 Å². The van der Waals surface area contributed by atoms with Crippen LogP contribution in [0.5, 0.6) is 0 Å². The molecule has 2 heteroatoms. The minimum Gasteiger partial charge on any atom is -0.466 e. The fourth-order valence-electron chi connectivity index (χ4n) is 2.63. The van der Waals surface area contributed by atoms with Gasteiger partial charge in [0.15, 0.2) is 0 Å². The lowest BCUT2D eigenvalue weighted by molar-refractivity contribution is -0.134. The number of rotatable bonds is 12. The summed E-state index contributed by atoms with van der Waals surface area (Å²) in [4.78, 5) is 11.1. The molecule has 0 unspecified atom stereocenters. The summed E-state index contributed by atoms with van der Waals surface area (Å²) in [7, 11) is 1.39. The van der Waals surface area contributed by atoms with Gasteiger partial charge in [-0.25, -0.2) is 4.79 Å². The molecule has 0 amide bonds. The summed E-state index contributed by atoms with van der Waals surface area (Å²) in [6.07, 6.45) is 21.3. The molecular weight excluding hydrogens is 344 g/mol. The Kier molecular flexibility index (Phi) is 14.7. The van der Waals surface area contributed by atoms with Crippen molar-refractivity contribution in [3.63, 3.8) is 0 Å². The van der Waals surface area contributed by atoms with Crippen LogP contribution in [0.1, 0.15) is 80.1 Å². The molecule has 0 spiro atoms. The molecule has 0 saturated carbocycles. The van der Waals surface area contributed by atoms with Crippen molar-refractivity contribution in [2.75, 3.05) is 7.11 Å². The van der Waals surface area contributed by atoms with Crippen molar-refractivity contribution in [1.29, 1.82) is 0 Å². The van der Waals surface area contributed by atoms with Gasteiger partial charge in [0.1, 0.15) is 0 Å². The molecule has 0 heterocycles. The highest BCUT2D eigenvalue weighted by Crippen LogP contribution is 2.13. The summed E-state index contributed by atoms with van der Waals surface area (Å²) in [6.45, 7) is 12.8. The predicted molar refractivity (Wildman–Crippen MR) is 123 cm³/mol. The van der Waals surface area contributed by atoms with E-state index in [1.807, 2.05) is 19.1 Å². The Morgan fingerprint density at radius 3 is 1.75 bits per heavy atom. The van der Waals surface area contributed by atoms with Crippen molar-refractivity contribution in [2.45, 2.75) is 80.1 Å². The molecule has 0 aromatic rings. The first-order valence-electron chi connectivity index (χ1n) is 10.3. The number of ether oxygens (including phenoxy) is 1. The van der Waals surface area contributed by atoms with Gasteiger partial charge in [0.05, 0.1) is 7.11 Å². The Labute approximate surface area is 173 Å². The van der Waals surface area contributed by atoms with E-state index < -0.39 is 0 Å². The Bertz CT molecular complexity index is 648. The lowest BCUT2D eigenvalue weighted by Gasteiger charge is -2.02. The van der Waals surface area contributed by atoms with Crippen LogP contribution in [0.15, 0.2) is 70.4 Å². The van der Waals surface area contributed by atoms with E-state index in [0.717, 1.165) is 37.7 Å². The summed E-state index contributed by atoms with van der Waals surface area (Å²) < 4.78 is 4.61. The number of hydrogen-bond donors (Lipinski definition) is 0. The van der Waals surface area contributed by atoms with Crippen LogP contribution < -0.4 is 0 Å². The molecule has 0 N–H and O–H groups in total. The zero-order chi connectivity index (χ0) is 21.4. The molecule has 0 saturated heterocycles.